The molecule has 0 bridgehead atoms. The number of esters is 1. The second-order valence-corrected chi connectivity index (χ2v) is 7.63. The lowest BCUT2D eigenvalue weighted by Gasteiger charge is -2.03. The van der Waals surface area contributed by atoms with Gasteiger partial charge in [0.1, 0.15) is 5.56 Å². The highest BCUT2D eigenvalue weighted by atomic mass is 32.2. The van der Waals surface area contributed by atoms with Crippen LogP contribution >= 0.6 is 11.5 Å². The highest BCUT2D eigenvalue weighted by molar-refractivity contribution is 7.90. The first-order chi connectivity index (χ1) is 13.3. The first-order valence-corrected chi connectivity index (χ1v) is 10.0. The van der Waals surface area contributed by atoms with Crippen molar-refractivity contribution in [2.24, 2.45) is 11.4 Å². The highest BCUT2D eigenvalue weighted by Crippen LogP contribution is 2.21. The molecule has 0 saturated heterocycles. The van der Waals surface area contributed by atoms with Crippen molar-refractivity contribution in [1.29, 1.82) is 0 Å². The Kier molecular flexibility index (Phi) is 5.33. The van der Waals surface area contributed by atoms with Crippen LogP contribution in [0.25, 0.3) is 5.78 Å². The molecular weight excluding hydrogens is 412 g/mol. The second-order valence-electron chi connectivity index (χ2n) is 5.19. The van der Waals surface area contributed by atoms with E-state index in [1.165, 1.54) is 31.1 Å². The van der Waals surface area contributed by atoms with Crippen molar-refractivity contribution in [3.05, 3.63) is 22.6 Å². The quantitative estimate of drug-likeness (QED) is 0.497. The van der Waals surface area contributed by atoms with E-state index in [4.69, 9.17) is 14.2 Å². The maximum Gasteiger partial charge on any atom is 0.342 e. The van der Waals surface area contributed by atoms with Gasteiger partial charge < -0.3 is 14.2 Å². The second kappa shape index (κ2) is 7.55. The van der Waals surface area contributed by atoms with Gasteiger partial charge in [-0.05, 0) is 18.5 Å². The van der Waals surface area contributed by atoms with Gasteiger partial charge in [-0.25, -0.2) is 4.79 Å². The summed E-state index contributed by atoms with van der Waals surface area (Å²) in [6.45, 7) is 1.70. The third-order valence-electron chi connectivity index (χ3n) is 3.45. The number of ether oxygens (including phenoxy) is 3. The molecule has 150 valence electrons. The molecule has 0 N–H and O–H groups in total. The molecule has 28 heavy (non-hydrogen) atoms. The minimum atomic E-state index is -4.32. The fourth-order valence-corrected chi connectivity index (χ4v) is 4.52. The predicted molar refractivity (Wildman–Crippen MR) is 95.9 cm³/mol. The van der Waals surface area contributed by atoms with E-state index in [2.05, 4.69) is 19.5 Å². The molecule has 0 amide bonds. The van der Waals surface area contributed by atoms with Crippen molar-refractivity contribution in [2.45, 2.75) is 11.9 Å². The number of aryl methyl sites for hydroxylation is 1. The molecule has 0 radical (unpaired) electrons. The molecule has 3 rings (SSSR count). The van der Waals surface area contributed by atoms with Crippen molar-refractivity contribution in [3.8, 4) is 11.8 Å². The van der Waals surface area contributed by atoms with Crippen molar-refractivity contribution in [1.82, 2.24) is 23.5 Å². The summed E-state index contributed by atoms with van der Waals surface area (Å²) in [7, 11) is -0.0651. The van der Waals surface area contributed by atoms with Crippen LogP contribution in [0.4, 0.5) is 0 Å². The Morgan fingerprint density at radius 3 is 2.68 bits per heavy atom. The maximum atomic E-state index is 12.8. The fraction of sp³-hybridized carbons (Fsp3) is 0.357. The Morgan fingerprint density at radius 2 is 2.04 bits per heavy atom. The lowest BCUT2D eigenvalue weighted by molar-refractivity contribution is 0.0521. The Hall–Kier alpha value is -3.00. The first-order valence-electron chi connectivity index (χ1n) is 7.80. The minimum absolute atomic E-state index is 0.0894. The van der Waals surface area contributed by atoms with E-state index in [9.17, 15) is 13.2 Å². The molecule has 3 aromatic rings. The van der Waals surface area contributed by atoms with Crippen LogP contribution in [0.5, 0.6) is 11.8 Å². The van der Waals surface area contributed by atoms with Crippen molar-refractivity contribution < 1.29 is 27.4 Å². The topological polar surface area (TPSA) is 139 Å². The maximum absolute atomic E-state index is 12.8. The Balaban J connectivity index is 2.16. The summed E-state index contributed by atoms with van der Waals surface area (Å²) in [4.78, 5) is 20.1. The van der Waals surface area contributed by atoms with Crippen molar-refractivity contribution in [2.75, 3.05) is 20.8 Å². The number of hydrogen-bond donors (Lipinski definition) is 0. The zero-order valence-corrected chi connectivity index (χ0v) is 16.9. The number of aromatic nitrogens is 5. The first kappa shape index (κ1) is 19.8. The van der Waals surface area contributed by atoms with Crippen LogP contribution in [0.3, 0.4) is 0 Å². The Labute approximate surface area is 163 Å². The highest BCUT2D eigenvalue weighted by Gasteiger charge is 2.28. The van der Waals surface area contributed by atoms with Crippen LogP contribution in [0.2, 0.25) is 0 Å². The smallest absolute Gasteiger partial charge is 0.342 e. The van der Waals surface area contributed by atoms with E-state index < -0.39 is 21.0 Å². The minimum Gasteiger partial charge on any atom is -0.481 e. The zero-order chi connectivity index (χ0) is 20.5. The van der Waals surface area contributed by atoms with Gasteiger partial charge in [-0.3, -0.25) is 4.68 Å². The van der Waals surface area contributed by atoms with Gasteiger partial charge in [0, 0.05) is 7.05 Å². The summed E-state index contributed by atoms with van der Waals surface area (Å²) >= 11 is 0.893. The standard InChI is InChI=1S/C14H16N6O6S2/c1-5-26-12(21)8-7-15-19(2)11(8)28(22,23)18-14-17-13-16-9(24-3)6-10(25-4)20(13)27-14/h6-7H,5H2,1-4H3. The normalized spacial score (nSPS) is 12.4. The lowest BCUT2D eigenvalue weighted by Crippen LogP contribution is -2.15. The zero-order valence-electron chi connectivity index (χ0n) is 15.3. The predicted octanol–water partition coefficient (Wildman–Crippen LogP) is 0.00780. The summed E-state index contributed by atoms with van der Waals surface area (Å²) in [5.74, 6) is -0.0828. The Bertz CT molecular complexity index is 1210. The molecule has 3 aromatic heterocycles. The summed E-state index contributed by atoms with van der Waals surface area (Å²) in [5.41, 5.74) is -0.209. The molecule has 14 heteroatoms. The molecule has 0 aliphatic heterocycles. The summed E-state index contributed by atoms with van der Waals surface area (Å²) in [6, 6.07) is 1.52. The van der Waals surface area contributed by atoms with Crippen LogP contribution in [0.15, 0.2) is 21.7 Å². The van der Waals surface area contributed by atoms with E-state index >= 15 is 0 Å². The summed E-state index contributed by atoms with van der Waals surface area (Å²) < 4.78 is 47.0. The summed E-state index contributed by atoms with van der Waals surface area (Å²) in [6.07, 6.45) is 1.11. The number of hydrogen-bond acceptors (Lipinski definition) is 10. The van der Waals surface area contributed by atoms with Gasteiger partial charge in [0.05, 0.1) is 33.1 Å². The number of nitrogens with zero attached hydrogens (tertiary/aromatic N) is 6. The van der Waals surface area contributed by atoms with Crippen molar-refractivity contribution in [3.63, 3.8) is 0 Å². The van der Waals surface area contributed by atoms with Gasteiger partial charge in [-0.1, -0.05) is 0 Å². The number of carbonyl (C=O) groups excluding carboxylic acids is 1. The van der Waals surface area contributed by atoms with Gasteiger partial charge in [0.2, 0.25) is 16.6 Å². The molecule has 0 fully saturated rings. The van der Waals surface area contributed by atoms with Gasteiger partial charge in [0.25, 0.3) is 5.78 Å². The number of rotatable bonds is 6. The van der Waals surface area contributed by atoms with E-state index in [-0.39, 0.29) is 28.6 Å². The van der Waals surface area contributed by atoms with Gasteiger partial charge in [-0.2, -0.15) is 27.3 Å². The van der Waals surface area contributed by atoms with Gasteiger partial charge in [0.15, 0.2) is 5.03 Å². The molecule has 0 spiro atoms. The van der Waals surface area contributed by atoms with Crippen molar-refractivity contribution >= 4 is 33.3 Å². The SMILES string of the molecule is CCOC(=O)c1cnn(C)c1S(=O)(=O)N=c1nc2nc(OC)cc(OC)n2s1. The molecule has 0 aliphatic rings. The average Bonchev–Trinajstić information content (AvgIpc) is 3.23. The van der Waals surface area contributed by atoms with Gasteiger partial charge >= 0.3 is 16.0 Å². The molecule has 0 aromatic carbocycles. The molecule has 0 atom stereocenters. The summed E-state index contributed by atoms with van der Waals surface area (Å²) in [5, 5.41) is 3.43. The monoisotopic (exact) mass is 428 g/mol. The Morgan fingerprint density at radius 1 is 1.29 bits per heavy atom. The van der Waals surface area contributed by atoms with E-state index in [0.29, 0.717) is 5.88 Å². The molecular formula is C14H16N6O6S2. The number of methoxy groups -OCH3 is 2. The van der Waals surface area contributed by atoms with Crippen LogP contribution in [0.1, 0.15) is 17.3 Å². The molecule has 0 saturated carbocycles. The number of sulfonamides is 1. The third kappa shape index (κ3) is 3.55. The van der Waals surface area contributed by atoms with E-state index in [1.54, 1.807) is 6.92 Å². The number of fused-ring (bicyclic) bond motifs is 1. The molecule has 0 aliphatic carbocycles. The number of carbonyl (C=O) groups is 1. The average molecular weight is 428 g/mol. The molecule has 12 nitrogen and oxygen atoms in total. The van der Waals surface area contributed by atoms with Crippen LogP contribution < -0.4 is 14.3 Å². The largest absolute Gasteiger partial charge is 0.481 e. The van der Waals surface area contributed by atoms with Crippen LogP contribution in [-0.4, -0.2) is 58.8 Å². The van der Waals surface area contributed by atoms with E-state index in [0.717, 1.165) is 22.4 Å². The van der Waals surface area contributed by atoms with Crippen LogP contribution in [-0.2, 0) is 21.8 Å². The lowest BCUT2D eigenvalue weighted by atomic mass is 10.4. The van der Waals surface area contributed by atoms with E-state index in [1.807, 2.05) is 0 Å². The van der Waals surface area contributed by atoms with Crippen LogP contribution in [0, 0.1) is 0 Å². The third-order valence-corrected chi connectivity index (χ3v) is 5.82. The fourth-order valence-electron chi connectivity index (χ4n) is 2.29. The van der Waals surface area contributed by atoms with Gasteiger partial charge in [-0.15, -0.1) is 4.40 Å². The molecule has 3 heterocycles. The molecule has 0 unspecified atom stereocenters.